The van der Waals surface area contributed by atoms with Crippen molar-refractivity contribution in [3.63, 3.8) is 0 Å². The first-order chi connectivity index (χ1) is 10.2. The summed E-state index contributed by atoms with van der Waals surface area (Å²) in [6.07, 6.45) is 0. The zero-order chi connectivity index (χ0) is 14.8. The zero-order valence-electron chi connectivity index (χ0n) is 12.2. The lowest BCUT2D eigenvalue weighted by molar-refractivity contribution is 0.692. The fraction of sp³-hybridized carbons (Fsp3) is 0.158. The van der Waals surface area contributed by atoms with Gasteiger partial charge in [-0.15, -0.1) is 0 Å². The van der Waals surface area contributed by atoms with Crippen molar-refractivity contribution in [2.45, 2.75) is 13.0 Å². The lowest BCUT2D eigenvalue weighted by atomic mass is 9.90. The largest absolute Gasteiger partial charge is 0.309 e. The molecule has 0 amide bonds. The Labute approximate surface area is 134 Å². The fourth-order valence-corrected chi connectivity index (χ4v) is 3.37. The lowest BCUT2D eigenvalue weighted by Crippen LogP contribution is -2.19. The maximum atomic E-state index is 3.57. The molecule has 0 saturated heterocycles. The van der Waals surface area contributed by atoms with E-state index >= 15 is 0 Å². The molecule has 106 valence electrons. The summed E-state index contributed by atoms with van der Waals surface area (Å²) in [6.45, 7) is 2.18. The maximum Gasteiger partial charge on any atom is 0.0583 e. The van der Waals surface area contributed by atoms with Gasteiger partial charge in [0.2, 0.25) is 0 Å². The third kappa shape index (κ3) is 2.74. The van der Waals surface area contributed by atoms with Gasteiger partial charge in [0.25, 0.3) is 0 Å². The number of hydrogen-bond acceptors (Lipinski definition) is 1. The minimum atomic E-state index is 0.189. The molecule has 1 atom stereocenters. The van der Waals surface area contributed by atoms with Crippen molar-refractivity contribution in [2.75, 3.05) is 7.05 Å². The van der Waals surface area contributed by atoms with Crippen LogP contribution in [-0.4, -0.2) is 7.05 Å². The molecule has 0 aliphatic rings. The molecule has 0 spiro atoms. The molecule has 0 radical (unpaired) electrons. The fourth-order valence-electron chi connectivity index (χ4n) is 2.95. The van der Waals surface area contributed by atoms with E-state index in [9.17, 15) is 0 Å². The molecule has 3 aromatic carbocycles. The highest BCUT2D eigenvalue weighted by Crippen LogP contribution is 2.32. The van der Waals surface area contributed by atoms with E-state index in [1.54, 1.807) is 0 Å². The second-order valence-corrected chi connectivity index (χ2v) is 6.21. The number of hydrogen-bond donors (Lipinski definition) is 1. The van der Waals surface area contributed by atoms with E-state index in [2.05, 4.69) is 88.8 Å². The van der Waals surface area contributed by atoms with Crippen molar-refractivity contribution in [1.82, 2.24) is 5.32 Å². The van der Waals surface area contributed by atoms with E-state index in [1.807, 2.05) is 7.05 Å². The van der Waals surface area contributed by atoms with E-state index in [4.69, 9.17) is 0 Å². The van der Waals surface area contributed by atoms with Gasteiger partial charge in [0, 0.05) is 4.47 Å². The van der Waals surface area contributed by atoms with Crippen LogP contribution in [0, 0.1) is 6.92 Å². The molecule has 3 aromatic rings. The first kappa shape index (κ1) is 14.3. The van der Waals surface area contributed by atoms with E-state index in [0.29, 0.717) is 0 Å². The molecule has 1 N–H and O–H groups in total. The Hall–Kier alpha value is -1.64. The molecule has 0 aromatic heterocycles. The Balaban J connectivity index is 2.24. The van der Waals surface area contributed by atoms with Gasteiger partial charge in [-0.2, -0.15) is 0 Å². The Morgan fingerprint density at radius 1 is 0.952 bits per heavy atom. The highest BCUT2D eigenvalue weighted by molar-refractivity contribution is 9.10. The van der Waals surface area contributed by atoms with Crippen molar-refractivity contribution in [3.05, 3.63) is 81.8 Å². The van der Waals surface area contributed by atoms with E-state index in [0.717, 1.165) is 4.47 Å². The molecular formula is C19H18BrN. The van der Waals surface area contributed by atoms with Crippen LogP contribution in [-0.2, 0) is 0 Å². The summed E-state index contributed by atoms with van der Waals surface area (Å²) in [7, 11) is 2.02. The van der Waals surface area contributed by atoms with Gasteiger partial charge in [-0.3, -0.25) is 0 Å². The Kier molecular flexibility index (Phi) is 4.09. The maximum absolute atomic E-state index is 3.57. The van der Waals surface area contributed by atoms with Crippen LogP contribution in [0.1, 0.15) is 22.7 Å². The van der Waals surface area contributed by atoms with Crippen LogP contribution in [0.25, 0.3) is 10.8 Å². The van der Waals surface area contributed by atoms with Crippen molar-refractivity contribution >= 4 is 26.7 Å². The number of halogens is 1. The molecule has 1 nitrogen and oxygen atoms in total. The van der Waals surface area contributed by atoms with Gasteiger partial charge in [-0.05, 0) is 53.6 Å². The highest BCUT2D eigenvalue weighted by atomic mass is 79.9. The van der Waals surface area contributed by atoms with Crippen LogP contribution >= 0.6 is 15.9 Å². The molecule has 0 saturated carbocycles. The van der Waals surface area contributed by atoms with Crippen LogP contribution in [0.2, 0.25) is 0 Å². The second-order valence-electron chi connectivity index (χ2n) is 5.29. The average Bonchev–Trinajstić information content (AvgIpc) is 2.50. The molecular weight excluding hydrogens is 322 g/mol. The minimum Gasteiger partial charge on any atom is -0.309 e. The minimum absolute atomic E-state index is 0.189. The van der Waals surface area contributed by atoms with Crippen LogP contribution in [0.4, 0.5) is 0 Å². The molecule has 0 bridgehead atoms. The van der Waals surface area contributed by atoms with Gasteiger partial charge in [0.1, 0.15) is 0 Å². The molecule has 2 heteroatoms. The van der Waals surface area contributed by atoms with Gasteiger partial charge in [0.15, 0.2) is 0 Å². The summed E-state index contributed by atoms with van der Waals surface area (Å²) in [5.41, 5.74) is 3.94. The van der Waals surface area contributed by atoms with Gasteiger partial charge in [0.05, 0.1) is 6.04 Å². The number of aryl methyl sites for hydroxylation is 1. The molecule has 21 heavy (non-hydrogen) atoms. The topological polar surface area (TPSA) is 12.0 Å². The van der Waals surface area contributed by atoms with E-state index in [-0.39, 0.29) is 6.04 Å². The smallest absolute Gasteiger partial charge is 0.0583 e. The summed E-state index contributed by atoms with van der Waals surface area (Å²) in [5, 5.41) is 6.08. The first-order valence-corrected chi connectivity index (χ1v) is 7.91. The standard InChI is InChI=1S/C19H18BrN/c1-13-10-11-14-6-3-4-9-17(14)18(13)19(21-2)15-7-5-8-16(20)12-15/h3-12,19,21H,1-2H3. The molecule has 3 rings (SSSR count). The monoisotopic (exact) mass is 339 g/mol. The third-order valence-electron chi connectivity index (χ3n) is 3.95. The van der Waals surface area contributed by atoms with E-state index in [1.165, 1.54) is 27.5 Å². The average molecular weight is 340 g/mol. The number of rotatable bonds is 3. The summed E-state index contributed by atoms with van der Waals surface area (Å²) in [4.78, 5) is 0. The van der Waals surface area contributed by atoms with Crippen LogP contribution in [0.15, 0.2) is 65.1 Å². The first-order valence-electron chi connectivity index (χ1n) is 7.11. The summed E-state index contributed by atoms with van der Waals surface area (Å²) < 4.78 is 1.11. The molecule has 0 fully saturated rings. The molecule has 0 heterocycles. The molecule has 1 unspecified atom stereocenters. The van der Waals surface area contributed by atoms with Crippen LogP contribution in [0.3, 0.4) is 0 Å². The quantitative estimate of drug-likeness (QED) is 0.689. The van der Waals surface area contributed by atoms with Crippen molar-refractivity contribution in [1.29, 1.82) is 0 Å². The normalized spacial score (nSPS) is 12.5. The number of nitrogens with one attached hydrogen (secondary N) is 1. The SMILES string of the molecule is CNC(c1cccc(Br)c1)c1c(C)ccc2ccccc12. The number of benzene rings is 3. The Bertz CT molecular complexity index is 779. The van der Waals surface area contributed by atoms with Crippen molar-refractivity contribution in [2.24, 2.45) is 0 Å². The van der Waals surface area contributed by atoms with Gasteiger partial charge in [-0.1, -0.05) is 64.5 Å². The lowest BCUT2D eigenvalue weighted by Gasteiger charge is -2.22. The van der Waals surface area contributed by atoms with Gasteiger partial charge in [-0.25, -0.2) is 0 Å². The van der Waals surface area contributed by atoms with Gasteiger partial charge >= 0.3 is 0 Å². The van der Waals surface area contributed by atoms with Crippen LogP contribution < -0.4 is 5.32 Å². The highest BCUT2D eigenvalue weighted by Gasteiger charge is 2.17. The predicted molar refractivity (Wildman–Crippen MR) is 93.7 cm³/mol. The van der Waals surface area contributed by atoms with Crippen molar-refractivity contribution < 1.29 is 0 Å². The van der Waals surface area contributed by atoms with E-state index < -0.39 is 0 Å². The molecule has 0 aliphatic heterocycles. The summed E-state index contributed by atoms with van der Waals surface area (Å²) in [6, 6.07) is 21.7. The predicted octanol–water partition coefficient (Wildman–Crippen LogP) is 5.22. The Morgan fingerprint density at radius 3 is 2.52 bits per heavy atom. The van der Waals surface area contributed by atoms with Crippen LogP contribution in [0.5, 0.6) is 0 Å². The summed E-state index contributed by atoms with van der Waals surface area (Å²) in [5.74, 6) is 0. The Morgan fingerprint density at radius 2 is 1.76 bits per heavy atom. The third-order valence-corrected chi connectivity index (χ3v) is 4.44. The number of fused-ring (bicyclic) bond motifs is 1. The van der Waals surface area contributed by atoms with Gasteiger partial charge < -0.3 is 5.32 Å². The second kappa shape index (κ2) is 6.00. The van der Waals surface area contributed by atoms with Crippen molar-refractivity contribution in [3.8, 4) is 0 Å². The molecule has 0 aliphatic carbocycles. The summed E-state index contributed by atoms with van der Waals surface area (Å²) >= 11 is 3.57. The zero-order valence-corrected chi connectivity index (χ0v) is 13.8.